The van der Waals surface area contributed by atoms with Crippen LogP contribution in [0.1, 0.15) is 16.9 Å². The van der Waals surface area contributed by atoms with Gasteiger partial charge in [-0.05, 0) is 35.6 Å². The van der Waals surface area contributed by atoms with Crippen LogP contribution in [-0.4, -0.2) is 37.4 Å². The predicted molar refractivity (Wildman–Crippen MR) is 117 cm³/mol. The number of hydrogen-bond acceptors (Lipinski definition) is 9. The topological polar surface area (TPSA) is 82.6 Å². The summed E-state index contributed by atoms with van der Waals surface area (Å²) in [7, 11) is 4.69. The largest absolute Gasteiger partial charge is 0.493 e. The predicted octanol–water partition coefficient (Wildman–Crippen LogP) is 4.49. The summed E-state index contributed by atoms with van der Waals surface area (Å²) in [5.41, 5.74) is 0.916. The van der Waals surface area contributed by atoms with Gasteiger partial charge < -0.3 is 19.5 Å². The number of amides is 1. The maximum absolute atomic E-state index is 12.3. The minimum Gasteiger partial charge on any atom is -0.493 e. The first-order chi connectivity index (χ1) is 14.1. The Morgan fingerprint density at radius 3 is 2.52 bits per heavy atom. The Morgan fingerprint density at radius 1 is 1.14 bits per heavy atom. The quantitative estimate of drug-likeness (QED) is 0.359. The number of ether oxygens (including phenoxy) is 3. The van der Waals surface area contributed by atoms with Crippen LogP contribution in [0, 0.1) is 0 Å². The van der Waals surface area contributed by atoms with E-state index in [1.807, 2.05) is 18.2 Å². The molecule has 0 aliphatic rings. The molecule has 3 rings (SSSR count). The Hall–Kier alpha value is -2.30. The van der Waals surface area contributed by atoms with Crippen molar-refractivity contribution in [3.05, 3.63) is 40.1 Å². The Morgan fingerprint density at radius 2 is 1.90 bits per heavy atom. The molecule has 0 fully saturated rings. The van der Waals surface area contributed by atoms with Gasteiger partial charge in [0.25, 0.3) is 0 Å². The molecule has 0 atom stereocenters. The van der Waals surface area contributed by atoms with Gasteiger partial charge in [0, 0.05) is 17.1 Å². The number of carbonyl (C=O) groups is 1. The third-order valence-corrected chi connectivity index (χ3v) is 7.02. The molecule has 3 aromatic rings. The minimum absolute atomic E-state index is 0.121. The van der Waals surface area contributed by atoms with Crippen LogP contribution in [0.4, 0.5) is 5.13 Å². The third-order valence-electron chi connectivity index (χ3n) is 3.94. The number of anilines is 1. The van der Waals surface area contributed by atoms with Gasteiger partial charge in [-0.2, -0.15) is 0 Å². The molecule has 0 spiro atoms. The molecule has 0 bridgehead atoms. The zero-order valence-corrected chi connectivity index (χ0v) is 18.7. The second-order valence-electron chi connectivity index (χ2n) is 5.82. The van der Waals surface area contributed by atoms with Crippen molar-refractivity contribution in [2.24, 2.45) is 0 Å². The van der Waals surface area contributed by atoms with Crippen molar-refractivity contribution in [1.29, 1.82) is 0 Å². The Bertz CT molecular complexity index is 919. The number of nitrogens with zero attached hydrogens (tertiary/aromatic N) is 2. The summed E-state index contributed by atoms with van der Waals surface area (Å²) in [6.07, 6.45) is 0.831. The van der Waals surface area contributed by atoms with Crippen molar-refractivity contribution in [3.63, 3.8) is 0 Å². The van der Waals surface area contributed by atoms with Gasteiger partial charge in [-0.1, -0.05) is 29.2 Å². The van der Waals surface area contributed by atoms with E-state index in [9.17, 15) is 4.79 Å². The third kappa shape index (κ3) is 5.84. The lowest BCUT2D eigenvalue weighted by Gasteiger charge is -2.14. The maximum Gasteiger partial charge on any atom is 0.226 e. The van der Waals surface area contributed by atoms with Gasteiger partial charge in [0.1, 0.15) is 0 Å². The first-order valence-corrected chi connectivity index (χ1v) is 11.4. The molecule has 0 aliphatic carbocycles. The highest BCUT2D eigenvalue weighted by atomic mass is 32.2. The van der Waals surface area contributed by atoms with Gasteiger partial charge in [-0.15, -0.1) is 21.5 Å². The van der Waals surface area contributed by atoms with Crippen molar-refractivity contribution < 1.29 is 19.0 Å². The number of carbonyl (C=O) groups excluding carboxylic acids is 1. The molecule has 10 heteroatoms. The lowest BCUT2D eigenvalue weighted by molar-refractivity contribution is -0.116. The van der Waals surface area contributed by atoms with Crippen LogP contribution in [0.2, 0.25) is 0 Å². The number of thioether (sulfide) groups is 1. The first kappa shape index (κ1) is 21.4. The van der Waals surface area contributed by atoms with E-state index in [2.05, 4.69) is 27.0 Å². The number of methoxy groups -OCH3 is 3. The van der Waals surface area contributed by atoms with Gasteiger partial charge >= 0.3 is 0 Å². The number of nitrogens with one attached hydrogen (secondary N) is 1. The van der Waals surface area contributed by atoms with Crippen molar-refractivity contribution in [2.45, 2.75) is 22.9 Å². The van der Waals surface area contributed by atoms with Gasteiger partial charge in [0.15, 0.2) is 15.8 Å². The summed E-state index contributed by atoms with van der Waals surface area (Å²) in [5, 5.41) is 13.5. The van der Waals surface area contributed by atoms with E-state index in [4.69, 9.17) is 14.2 Å². The number of rotatable bonds is 10. The van der Waals surface area contributed by atoms with E-state index in [0.29, 0.717) is 35.2 Å². The van der Waals surface area contributed by atoms with Gasteiger partial charge in [0.05, 0.1) is 21.3 Å². The molecule has 1 amide bonds. The van der Waals surface area contributed by atoms with Crippen LogP contribution in [0.3, 0.4) is 0 Å². The molecule has 0 unspecified atom stereocenters. The van der Waals surface area contributed by atoms with Crippen molar-refractivity contribution in [2.75, 3.05) is 26.6 Å². The molecule has 0 saturated heterocycles. The maximum atomic E-state index is 12.3. The number of benzene rings is 1. The fraction of sp³-hybridized carbons (Fsp3) is 0.316. The minimum atomic E-state index is -0.121. The monoisotopic (exact) mass is 451 g/mol. The van der Waals surface area contributed by atoms with E-state index in [-0.39, 0.29) is 5.91 Å². The summed E-state index contributed by atoms with van der Waals surface area (Å²) in [6.45, 7) is 0. The summed E-state index contributed by atoms with van der Waals surface area (Å²) in [4.78, 5) is 13.6. The van der Waals surface area contributed by atoms with E-state index in [1.54, 1.807) is 44.4 Å². The van der Waals surface area contributed by atoms with Gasteiger partial charge in [-0.25, -0.2) is 0 Å². The highest BCUT2D eigenvalue weighted by Crippen LogP contribution is 2.38. The van der Waals surface area contributed by atoms with E-state index in [1.165, 1.54) is 16.2 Å². The lowest BCUT2D eigenvalue weighted by Crippen LogP contribution is -2.12. The van der Waals surface area contributed by atoms with Crippen LogP contribution in [0.5, 0.6) is 17.2 Å². The van der Waals surface area contributed by atoms with Crippen molar-refractivity contribution in [3.8, 4) is 17.2 Å². The number of thiophene rings is 1. The van der Waals surface area contributed by atoms with Crippen molar-refractivity contribution >= 4 is 45.5 Å². The summed E-state index contributed by atoms with van der Waals surface area (Å²) >= 11 is 4.70. The average molecular weight is 452 g/mol. The van der Waals surface area contributed by atoms with E-state index < -0.39 is 0 Å². The highest BCUT2D eigenvalue weighted by Gasteiger charge is 2.14. The van der Waals surface area contributed by atoms with Crippen LogP contribution in [-0.2, 0) is 17.0 Å². The molecule has 29 heavy (non-hydrogen) atoms. The SMILES string of the molecule is COc1cc(CCC(=O)Nc2nnc(SCc3cccs3)s2)cc(OC)c1OC. The molecule has 1 N–H and O–H groups in total. The van der Waals surface area contributed by atoms with Crippen LogP contribution in [0.15, 0.2) is 34.0 Å². The summed E-state index contributed by atoms with van der Waals surface area (Å²) in [6, 6.07) is 7.81. The Balaban J connectivity index is 1.53. The summed E-state index contributed by atoms with van der Waals surface area (Å²) < 4.78 is 16.9. The fourth-order valence-corrected chi connectivity index (χ4v) is 5.11. The highest BCUT2D eigenvalue weighted by molar-refractivity contribution is 8.00. The Kier molecular flexibility index (Phi) is 7.73. The Labute approximate surface area is 181 Å². The first-order valence-electron chi connectivity index (χ1n) is 8.70. The van der Waals surface area contributed by atoms with Crippen molar-refractivity contribution in [1.82, 2.24) is 10.2 Å². The second-order valence-corrected chi connectivity index (χ2v) is 9.06. The van der Waals surface area contributed by atoms with E-state index in [0.717, 1.165) is 15.7 Å². The molecule has 7 nitrogen and oxygen atoms in total. The fourth-order valence-electron chi connectivity index (χ4n) is 2.57. The average Bonchev–Trinajstić information content (AvgIpc) is 3.41. The van der Waals surface area contributed by atoms with Crippen LogP contribution >= 0.6 is 34.4 Å². The van der Waals surface area contributed by atoms with Crippen LogP contribution < -0.4 is 19.5 Å². The smallest absolute Gasteiger partial charge is 0.226 e. The number of aryl methyl sites for hydroxylation is 1. The molecule has 0 saturated carbocycles. The normalized spacial score (nSPS) is 10.6. The zero-order valence-electron chi connectivity index (χ0n) is 16.3. The van der Waals surface area contributed by atoms with Crippen LogP contribution in [0.25, 0.3) is 0 Å². The standard InChI is InChI=1S/C19H21N3O4S3/c1-24-14-9-12(10-15(25-2)17(14)26-3)6-7-16(23)20-18-21-22-19(29-18)28-11-13-5-4-8-27-13/h4-5,8-10H,6-7,11H2,1-3H3,(H,20,21,23). The number of aromatic nitrogens is 2. The molecule has 0 aliphatic heterocycles. The lowest BCUT2D eigenvalue weighted by atomic mass is 10.1. The molecule has 2 heterocycles. The molecule has 154 valence electrons. The van der Waals surface area contributed by atoms with E-state index >= 15 is 0 Å². The molecule has 0 radical (unpaired) electrons. The summed E-state index contributed by atoms with van der Waals surface area (Å²) in [5.74, 6) is 2.40. The molecular formula is C19H21N3O4S3. The number of hydrogen-bond donors (Lipinski definition) is 1. The van der Waals surface area contributed by atoms with Gasteiger partial charge in [0.2, 0.25) is 16.8 Å². The van der Waals surface area contributed by atoms with Gasteiger partial charge in [-0.3, -0.25) is 4.79 Å². The zero-order chi connectivity index (χ0) is 20.6. The second kappa shape index (κ2) is 10.5. The molecule has 2 aromatic heterocycles. The molecule has 1 aromatic carbocycles. The molecular weight excluding hydrogens is 430 g/mol.